The molecule has 0 saturated carbocycles. The van der Waals surface area contributed by atoms with Crippen molar-refractivity contribution in [3.8, 4) is 0 Å². The molecular formula is C14H18ClN3. The van der Waals surface area contributed by atoms with Crippen LogP contribution in [0.25, 0.3) is 0 Å². The number of hydrogen-bond donors (Lipinski definition) is 1. The lowest BCUT2D eigenvalue weighted by Crippen LogP contribution is -2.07. The molecule has 1 heterocycles. The standard InChI is InChI=1S/C14H18ClN3/c1-3-7-18-10-11(2)17-14(18)16-9-12-5-4-6-13(15)8-12/h4-6,8,10H,3,7,9H2,1-2H3,(H,16,17). The summed E-state index contributed by atoms with van der Waals surface area (Å²) in [6.07, 6.45) is 3.17. The zero-order valence-corrected chi connectivity index (χ0v) is 11.5. The smallest absolute Gasteiger partial charge is 0.203 e. The summed E-state index contributed by atoms with van der Waals surface area (Å²) >= 11 is 5.96. The summed E-state index contributed by atoms with van der Waals surface area (Å²) in [7, 11) is 0. The first kappa shape index (κ1) is 13.0. The minimum absolute atomic E-state index is 0.737. The second-order valence-corrected chi connectivity index (χ2v) is 4.82. The van der Waals surface area contributed by atoms with Crippen LogP contribution in [0.5, 0.6) is 0 Å². The Hall–Kier alpha value is -1.48. The van der Waals surface area contributed by atoms with Gasteiger partial charge in [0.2, 0.25) is 5.95 Å². The lowest BCUT2D eigenvalue weighted by molar-refractivity contribution is 0.681. The second-order valence-electron chi connectivity index (χ2n) is 4.38. The van der Waals surface area contributed by atoms with Crippen LogP contribution in [0.3, 0.4) is 0 Å². The Morgan fingerprint density at radius 1 is 1.39 bits per heavy atom. The Labute approximate surface area is 113 Å². The molecular weight excluding hydrogens is 246 g/mol. The summed E-state index contributed by atoms with van der Waals surface area (Å²) in [5.41, 5.74) is 2.20. The van der Waals surface area contributed by atoms with Crippen molar-refractivity contribution in [2.75, 3.05) is 5.32 Å². The summed E-state index contributed by atoms with van der Waals surface area (Å²) in [6, 6.07) is 7.86. The van der Waals surface area contributed by atoms with Gasteiger partial charge in [-0.3, -0.25) is 0 Å². The van der Waals surface area contributed by atoms with E-state index in [-0.39, 0.29) is 0 Å². The zero-order chi connectivity index (χ0) is 13.0. The number of benzene rings is 1. The number of imidazole rings is 1. The van der Waals surface area contributed by atoms with E-state index in [1.807, 2.05) is 25.1 Å². The van der Waals surface area contributed by atoms with Crippen molar-refractivity contribution in [1.82, 2.24) is 9.55 Å². The largest absolute Gasteiger partial charge is 0.352 e. The normalized spacial score (nSPS) is 10.6. The number of anilines is 1. The molecule has 1 aromatic heterocycles. The van der Waals surface area contributed by atoms with E-state index in [1.165, 1.54) is 0 Å². The van der Waals surface area contributed by atoms with Crippen molar-refractivity contribution < 1.29 is 0 Å². The van der Waals surface area contributed by atoms with E-state index in [0.29, 0.717) is 0 Å². The van der Waals surface area contributed by atoms with E-state index in [4.69, 9.17) is 11.6 Å². The molecule has 0 saturated heterocycles. The van der Waals surface area contributed by atoms with E-state index in [0.717, 1.165) is 41.7 Å². The Balaban J connectivity index is 2.05. The average Bonchev–Trinajstić information content (AvgIpc) is 2.68. The van der Waals surface area contributed by atoms with Crippen LogP contribution in [0.2, 0.25) is 5.02 Å². The molecule has 3 nitrogen and oxygen atoms in total. The molecule has 1 aromatic carbocycles. The summed E-state index contributed by atoms with van der Waals surface area (Å²) in [4.78, 5) is 4.49. The third-order valence-electron chi connectivity index (χ3n) is 2.70. The highest BCUT2D eigenvalue weighted by atomic mass is 35.5. The Morgan fingerprint density at radius 3 is 2.94 bits per heavy atom. The van der Waals surface area contributed by atoms with Crippen LogP contribution in [0.1, 0.15) is 24.6 Å². The maximum Gasteiger partial charge on any atom is 0.203 e. The van der Waals surface area contributed by atoms with Gasteiger partial charge in [-0.15, -0.1) is 0 Å². The van der Waals surface area contributed by atoms with Gasteiger partial charge in [0, 0.05) is 24.3 Å². The first-order chi connectivity index (χ1) is 8.69. The van der Waals surface area contributed by atoms with Gasteiger partial charge in [0.1, 0.15) is 0 Å². The number of hydrogen-bond acceptors (Lipinski definition) is 2. The van der Waals surface area contributed by atoms with Gasteiger partial charge in [0.05, 0.1) is 5.69 Å². The Kier molecular flexibility index (Phi) is 4.26. The molecule has 0 unspecified atom stereocenters. The fourth-order valence-corrected chi connectivity index (χ4v) is 2.14. The van der Waals surface area contributed by atoms with Crippen molar-refractivity contribution in [3.05, 3.63) is 46.7 Å². The lowest BCUT2D eigenvalue weighted by atomic mass is 10.2. The molecule has 0 radical (unpaired) electrons. The average molecular weight is 264 g/mol. The number of nitrogens with one attached hydrogen (secondary N) is 1. The molecule has 1 N–H and O–H groups in total. The van der Waals surface area contributed by atoms with Crippen LogP contribution in [-0.4, -0.2) is 9.55 Å². The van der Waals surface area contributed by atoms with E-state index < -0.39 is 0 Å². The molecule has 0 bridgehead atoms. The highest BCUT2D eigenvalue weighted by Gasteiger charge is 2.04. The van der Waals surface area contributed by atoms with Crippen LogP contribution in [0, 0.1) is 6.92 Å². The van der Waals surface area contributed by atoms with Crippen molar-refractivity contribution in [2.24, 2.45) is 0 Å². The summed E-state index contributed by atoms with van der Waals surface area (Å²) in [5.74, 6) is 0.925. The predicted octanol–water partition coefficient (Wildman–Crippen LogP) is 3.87. The molecule has 0 atom stereocenters. The van der Waals surface area contributed by atoms with Crippen molar-refractivity contribution in [1.29, 1.82) is 0 Å². The van der Waals surface area contributed by atoms with Gasteiger partial charge < -0.3 is 9.88 Å². The molecule has 0 aliphatic rings. The molecule has 0 aliphatic carbocycles. The number of aromatic nitrogens is 2. The number of nitrogens with zero attached hydrogens (tertiary/aromatic N) is 2. The van der Waals surface area contributed by atoms with Crippen LogP contribution in [-0.2, 0) is 13.1 Å². The molecule has 0 amide bonds. The van der Waals surface area contributed by atoms with Gasteiger partial charge in [-0.05, 0) is 31.0 Å². The summed E-state index contributed by atoms with van der Waals surface area (Å²) in [6.45, 7) is 5.90. The lowest BCUT2D eigenvalue weighted by Gasteiger charge is -2.08. The van der Waals surface area contributed by atoms with Crippen molar-refractivity contribution in [2.45, 2.75) is 33.4 Å². The van der Waals surface area contributed by atoms with E-state index >= 15 is 0 Å². The van der Waals surface area contributed by atoms with Crippen molar-refractivity contribution in [3.63, 3.8) is 0 Å². The Bertz CT molecular complexity index is 520. The fraction of sp³-hybridized carbons (Fsp3) is 0.357. The van der Waals surface area contributed by atoms with Crippen LogP contribution in [0.4, 0.5) is 5.95 Å². The minimum atomic E-state index is 0.737. The van der Waals surface area contributed by atoms with Gasteiger partial charge in [0.15, 0.2) is 0 Å². The monoisotopic (exact) mass is 263 g/mol. The van der Waals surface area contributed by atoms with Crippen LogP contribution < -0.4 is 5.32 Å². The highest BCUT2D eigenvalue weighted by Crippen LogP contribution is 2.14. The quantitative estimate of drug-likeness (QED) is 0.888. The van der Waals surface area contributed by atoms with Gasteiger partial charge >= 0.3 is 0 Å². The second kappa shape index (κ2) is 5.91. The molecule has 2 aromatic rings. The highest BCUT2D eigenvalue weighted by molar-refractivity contribution is 6.30. The van der Waals surface area contributed by atoms with Crippen molar-refractivity contribution >= 4 is 17.5 Å². The molecule has 0 fully saturated rings. The fourth-order valence-electron chi connectivity index (χ4n) is 1.93. The van der Waals surface area contributed by atoms with E-state index in [1.54, 1.807) is 0 Å². The van der Waals surface area contributed by atoms with Gasteiger partial charge in [-0.25, -0.2) is 4.98 Å². The maximum absolute atomic E-state index is 5.96. The first-order valence-corrected chi connectivity index (χ1v) is 6.59. The number of rotatable bonds is 5. The van der Waals surface area contributed by atoms with Gasteiger partial charge in [0.25, 0.3) is 0 Å². The number of aryl methyl sites for hydroxylation is 2. The molecule has 4 heteroatoms. The minimum Gasteiger partial charge on any atom is -0.352 e. The van der Waals surface area contributed by atoms with Crippen LogP contribution >= 0.6 is 11.6 Å². The summed E-state index contributed by atoms with van der Waals surface area (Å²) in [5, 5.41) is 4.12. The van der Waals surface area contributed by atoms with Gasteiger partial charge in [-0.1, -0.05) is 30.7 Å². The number of halogens is 1. The third-order valence-corrected chi connectivity index (χ3v) is 2.94. The molecule has 18 heavy (non-hydrogen) atoms. The molecule has 96 valence electrons. The first-order valence-electron chi connectivity index (χ1n) is 6.21. The molecule has 0 aliphatic heterocycles. The molecule has 0 spiro atoms. The molecule has 2 rings (SSSR count). The van der Waals surface area contributed by atoms with Gasteiger partial charge in [-0.2, -0.15) is 0 Å². The third kappa shape index (κ3) is 3.26. The SMILES string of the molecule is CCCn1cc(C)nc1NCc1cccc(Cl)c1. The Morgan fingerprint density at radius 2 is 2.22 bits per heavy atom. The predicted molar refractivity (Wildman–Crippen MR) is 76.0 cm³/mol. The van der Waals surface area contributed by atoms with Crippen LogP contribution in [0.15, 0.2) is 30.5 Å². The zero-order valence-electron chi connectivity index (χ0n) is 10.8. The summed E-state index contributed by atoms with van der Waals surface area (Å²) < 4.78 is 2.15. The van der Waals surface area contributed by atoms with E-state index in [9.17, 15) is 0 Å². The topological polar surface area (TPSA) is 29.9 Å². The van der Waals surface area contributed by atoms with E-state index in [2.05, 4.69) is 34.1 Å². The maximum atomic E-state index is 5.96.